The summed E-state index contributed by atoms with van der Waals surface area (Å²) in [6, 6.07) is 45.1. The number of hydrogen-bond acceptors (Lipinski definition) is 2. The van der Waals surface area contributed by atoms with Crippen LogP contribution >= 0.6 is 15.9 Å². The van der Waals surface area contributed by atoms with E-state index in [9.17, 15) is 0 Å². The second-order valence-electron chi connectivity index (χ2n) is 10.7. The van der Waals surface area contributed by atoms with Crippen LogP contribution in [0.15, 0.2) is 132 Å². The highest BCUT2D eigenvalue weighted by molar-refractivity contribution is 9.10. The smallest absolute Gasteiger partial charge is 0.154 e. The normalized spacial score (nSPS) is 15.6. The summed E-state index contributed by atoms with van der Waals surface area (Å²) >= 11 is 3.68. The van der Waals surface area contributed by atoms with Crippen LogP contribution in [0, 0.1) is 6.92 Å². The number of nitrogen functional groups attached to an aromatic ring is 1. The molecule has 0 bridgehead atoms. The Morgan fingerprint density at radius 2 is 1.30 bits per heavy atom. The molecule has 0 aliphatic heterocycles. The molecule has 1 aliphatic rings. The quantitative estimate of drug-likeness (QED) is 0.166. The third kappa shape index (κ3) is 3.81. The molecular weight excluding hydrogens is 552 g/mol. The summed E-state index contributed by atoms with van der Waals surface area (Å²) in [5.74, 6) is 0. The van der Waals surface area contributed by atoms with Gasteiger partial charge in [-0.1, -0.05) is 94.8 Å². The van der Waals surface area contributed by atoms with Crippen molar-refractivity contribution < 1.29 is 0 Å². The number of hydrogen-bond donors (Lipinski definition) is 1. The fourth-order valence-corrected chi connectivity index (χ4v) is 6.77. The fraction of sp³-hybridized carbons (Fsp3) is 0.0541. The van der Waals surface area contributed by atoms with Gasteiger partial charge in [0.1, 0.15) is 0 Å². The number of anilines is 4. The average Bonchev–Trinajstić information content (AvgIpc) is 3.21. The molecule has 7 rings (SSSR count). The second-order valence-corrected chi connectivity index (χ2v) is 11.5. The third-order valence-corrected chi connectivity index (χ3v) is 8.80. The number of rotatable bonds is 4. The first-order valence-electron chi connectivity index (χ1n) is 13.5. The molecule has 0 saturated carbocycles. The highest BCUT2D eigenvalue weighted by Crippen LogP contribution is 2.50. The number of nitrogens with two attached hydrogens (primary N) is 1. The van der Waals surface area contributed by atoms with Crippen LogP contribution in [-0.2, 0) is 5.41 Å². The molecule has 40 heavy (non-hydrogen) atoms. The van der Waals surface area contributed by atoms with Crippen LogP contribution in [0.25, 0.3) is 33.0 Å². The summed E-state index contributed by atoms with van der Waals surface area (Å²) in [6.07, 6.45) is 0. The molecular formula is C37H28BrN2+. The lowest BCUT2D eigenvalue weighted by molar-refractivity contribution is 0.742. The van der Waals surface area contributed by atoms with E-state index in [4.69, 9.17) is 5.73 Å². The molecule has 6 aromatic rings. The summed E-state index contributed by atoms with van der Waals surface area (Å²) in [5, 5.41) is 2.18. The highest BCUT2D eigenvalue weighted by Gasteiger charge is 2.41. The van der Waals surface area contributed by atoms with Crippen LogP contribution in [-0.4, -0.2) is 0 Å². The van der Waals surface area contributed by atoms with Gasteiger partial charge in [0.05, 0.1) is 6.92 Å². The largest absolute Gasteiger partial charge is 0.398 e. The van der Waals surface area contributed by atoms with E-state index in [1.807, 2.05) is 12.1 Å². The first-order chi connectivity index (χ1) is 19.4. The van der Waals surface area contributed by atoms with Gasteiger partial charge in [-0.3, -0.25) is 0 Å². The second kappa shape index (κ2) is 9.32. The lowest BCUT2D eigenvalue weighted by atomic mass is 9.82. The molecule has 192 valence electrons. The first-order valence-corrected chi connectivity index (χ1v) is 14.2. The van der Waals surface area contributed by atoms with Crippen molar-refractivity contribution in [3.8, 4) is 22.3 Å². The maximum atomic E-state index is 6.34. The minimum Gasteiger partial charge on any atom is -0.398 e. The van der Waals surface area contributed by atoms with E-state index < -0.39 is 0 Å². The summed E-state index contributed by atoms with van der Waals surface area (Å²) in [6.45, 7) is 6.80. The predicted octanol–water partition coefficient (Wildman–Crippen LogP) is 10.4. The number of para-hydroxylation sites is 1. The van der Waals surface area contributed by atoms with E-state index in [1.54, 1.807) is 0 Å². The molecule has 2 nitrogen and oxygen atoms in total. The van der Waals surface area contributed by atoms with Gasteiger partial charge in [-0.05, 0) is 83.1 Å². The molecule has 0 fully saturated rings. The predicted molar refractivity (Wildman–Crippen MR) is 173 cm³/mol. The Hall–Kier alpha value is -4.47. The SMILES string of the molecule is [CH2+]C1(C)c2ccccc2-c2cc(N(c3ccccc3)c3ccc(-c4ccc(N)c5c(Br)cccc45)cc3)ccc21. The Morgan fingerprint density at radius 1 is 0.625 bits per heavy atom. The molecule has 6 aromatic carbocycles. The first kappa shape index (κ1) is 24.6. The molecule has 1 unspecified atom stereocenters. The van der Waals surface area contributed by atoms with Crippen molar-refractivity contribution >= 4 is 49.5 Å². The number of halogens is 1. The van der Waals surface area contributed by atoms with Crippen molar-refractivity contribution in [2.45, 2.75) is 12.3 Å². The Balaban J connectivity index is 1.35. The van der Waals surface area contributed by atoms with Crippen molar-refractivity contribution in [2.75, 3.05) is 10.6 Å². The summed E-state index contributed by atoms with van der Waals surface area (Å²) in [7, 11) is 0. The van der Waals surface area contributed by atoms with Gasteiger partial charge in [-0.15, -0.1) is 0 Å². The third-order valence-electron chi connectivity index (χ3n) is 8.14. The van der Waals surface area contributed by atoms with E-state index in [0.717, 1.165) is 49.1 Å². The lowest BCUT2D eigenvalue weighted by Crippen LogP contribution is -2.15. The van der Waals surface area contributed by atoms with Gasteiger partial charge in [0.15, 0.2) is 5.41 Å². The maximum Gasteiger partial charge on any atom is 0.154 e. The molecule has 2 N–H and O–H groups in total. The van der Waals surface area contributed by atoms with Crippen molar-refractivity contribution in [3.63, 3.8) is 0 Å². The zero-order chi connectivity index (χ0) is 27.4. The minimum atomic E-state index is -0.263. The zero-order valence-electron chi connectivity index (χ0n) is 22.2. The monoisotopic (exact) mass is 579 g/mol. The molecule has 1 atom stereocenters. The fourth-order valence-electron chi connectivity index (χ4n) is 6.17. The van der Waals surface area contributed by atoms with Gasteiger partial charge in [-0.25, -0.2) is 0 Å². The molecule has 0 heterocycles. The van der Waals surface area contributed by atoms with Crippen LogP contribution in [0.2, 0.25) is 0 Å². The van der Waals surface area contributed by atoms with Crippen molar-refractivity contribution in [1.29, 1.82) is 0 Å². The average molecular weight is 581 g/mol. The molecule has 0 radical (unpaired) electrons. The van der Waals surface area contributed by atoms with Gasteiger partial charge in [-0.2, -0.15) is 0 Å². The lowest BCUT2D eigenvalue weighted by Gasteiger charge is -2.26. The number of fused-ring (bicyclic) bond motifs is 4. The summed E-state index contributed by atoms with van der Waals surface area (Å²) in [4.78, 5) is 2.32. The van der Waals surface area contributed by atoms with Crippen molar-refractivity contribution in [2.24, 2.45) is 0 Å². The summed E-state index contributed by atoms with van der Waals surface area (Å²) in [5.41, 5.74) is 17.5. The Labute approximate surface area is 243 Å². The maximum absolute atomic E-state index is 6.34. The molecule has 3 heteroatoms. The highest BCUT2D eigenvalue weighted by atomic mass is 79.9. The van der Waals surface area contributed by atoms with Gasteiger partial charge >= 0.3 is 0 Å². The van der Waals surface area contributed by atoms with Crippen LogP contribution in [0.4, 0.5) is 22.7 Å². The van der Waals surface area contributed by atoms with Crippen molar-refractivity contribution in [3.05, 3.63) is 150 Å². The molecule has 0 spiro atoms. The van der Waals surface area contributed by atoms with E-state index in [2.05, 4.69) is 150 Å². The van der Waals surface area contributed by atoms with E-state index in [1.165, 1.54) is 22.3 Å². The van der Waals surface area contributed by atoms with E-state index in [-0.39, 0.29) is 5.41 Å². The van der Waals surface area contributed by atoms with Gasteiger partial charge in [0.25, 0.3) is 0 Å². The van der Waals surface area contributed by atoms with Gasteiger partial charge in [0.2, 0.25) is 0 Å². The van der Waals surface area contributed by atoms with Crippen LogP contribution in [0.1, 0.15) is 18.1 Å². The van der Waals surface area contributed by atoms with Gasteiger partial charge in [0, 0.05) is 43.7 Å². The van der Waals surface area contributed by atoms with Crippen LogP contribution in [0.5, 0.6) is 0 Å². The standard InChI is InChI=1S/C37H28BrN2/c1-37(2)32-13-7-6-11-29(32)31-23-27(19-21-33(31)37)40(25-9-4-3-5-10-25)26-17-15-24(16-18-26)28-20-22-35(39)36-30(28)12-8-14-34(36)38/h3-23H,1,39H2,2H3/q+1. The summed E-state index contributed by atoms with van der Waals surface area (Å²) < 4.78 is 1.01. The molecule has 0 amide bonds. The Bertz CT molecular complexity index is 1880. The number of benzene rings is 6. The molecule has 0 saturated heterocycles. The Kier molecular flexibility index (Phi) is 5.72. The van der Waals surface area contributed by atoms with E-state index >= 15 is 0 Å². The molecule has 0 aromatic heterocycles. The Morgan fingerprint density at radius 3 is 2.10 bits per heavy atom. The number of nitrogens with zero attached hydrogens (tertiary/aromatic N) is 1. The minimum absolute atomic E-state index is 0.263. The zero-order valence-corrected chi connectivity index (χ0v) is 23.8. The van der Waals surface area contributed by atoms with Crippen molar-refractivity contribution in [1.82, 2.24) is 0 Å². The topological polar surface area (TPSA) is 29.3 Å². The molecule has 1 aliphatic carbocycles. The van der Waals surface area contributed by atoms with Gasteiger partial charge < -0.3 is 10.6 Å². The van der Waals surface area contributed by atoms with Crippen LogP contribution < -0.4 is 10.6 Å². The van der Waals surface area contributed by atoms with E-state index in [0.29, 0.717) is 0 Å². The van der Waals surface area contributed by atoms with Crippen LogP contribution in [0.3, 0.4) is 0 Å².